The fourth-order valence-corrected chi connectivity index (χ4v) is 2.88. The molecule has 6 heteroatoms. The normalized spacial score (nSPS) is 16.0. The number of carbonyl (C=O) groups is 2. The van der Waals surface area contributed by atoms with Crippen molar-refractivity contribution in [3.05, 3.63) is 59.7 Å². The monoisotopic (exact) mass is 367 g/mol. The fourth-order valence-electron chi connectivity index (χ4n) is 2.88. The van der Waals surface area contributed by atoms with E-state index in [1.165, 1.54) is 5.56 Å². The van der Waals surface area contributed by atoms with Crippen molar-refractivity contribution in [2.24, 2.45) is 0 Å². The molecular formula is C21H25N3O3. The van der Waals surface area contributed by atoms with Gasteiger partial charge >= 0.3 is 0 Å². The lowest BCUT2D eigenvalue weighted by molar-refractivity contribution is -0.114. The Kier molecular flexibility index (Phi) is 6.44. The minimum absolute atomic E-state index is 0.119. The lowest BCUT2D eigenvalue weighted by Gasteiger charge is -2.11. The second kappa shape index (κ2) is 9.19. The highest BCUT2D eigenvalue weighted by Gasteiger charge is 2.16. The number of anilines is 2. The zero-order valence-electron chi connectivity index (χ0n) is 15.5. The Balaban J connectivity index is 1.44. The molecule has 27 heavy (non-hydrogen) atoms. The molecular weight excluding hydrogens is 342 g/mol. The Morgan fingerprint density at radius 1 is 1.04 bits per heavy atom. The van der Waals surface area contributed by atoms with E-state index in [9.17, 15) is 9.59 Å². The van der Waals surface area contributed by atoms with Gasteiger partial charge in [0, 0.05) is 30.1 Å². The summed E-state index contributed by atoms with van der Waals surface area (Å²) >= 11 is 0. The predicted molar refractivity (Wildman–Crippen MR) is 106 cm³/mol. The van der Waals surface area contributed by atoms with E-state index >= 15 is 0 Å². The van der Waals surface area contributed by atoms with Crippen molar-refractivity contribution < 1.29 is 14.3 Å². The Morgan fingerprint density at radius 2 is 1.74 bits per heavy atom. The van der Waals surface area contributed by atoms with E-state index in [-0.39, 0.29) is 24.5 Å². The van der Waals surface area contributed by atoms with Crippen LogP contribution in [0.5, 0.6) is 0 Å². The van der Waals surface area contributed by atoms with Crippen LogP contribution in [0.3, 0.4) is 0 Å². The van der Waals surface area contributed by atoms with Crippen molar-refractivity contribution in [3.8, 4) is 0 Å². The van der Waals surface area contributed by atoms with Gasteiger partial charge in [0.1, 0.15) is 0 Å². The number of amides is 2. The lowest BCUT2D eigenvalue weighted by Crippen LogP contribution is -2.31. The smallest absolute Gasteiger partial charge is 0.251 e. The Labute approximate surface area is 159 Å². The predicted octanol–water partition coefficient (Wildman–Crippen LogP) is 2.95. The van der Waals surface area contributed by atoms with Crippen molar-refractivity contribution in [2.45, 2.75) is 25.9 Å². The first-order valence-corrected chi connectivity index (χ1v) is 9.20. The number of benzene rings is 2. The average Bonchev–Trinajstić information content (AvgIpc) is 3.20. The zero-order valence-corrected chi connectivity index (χ0v) is 15.5. The van der Waals surface area contributed by atoms with E-state index in [2.05, 4.69) is 16.0 Å². The summed E-state index contributed by atoms with van der Waals surface area (Å²) in [7, 11) is 0. The maximum Gasteiger partial charge on any atom is 0.251 e. The number of hydrogen-bond donors (Lipinski definition) is 3. The quantitative estimate of drug-likeness (QED) is 0.703. The summed E-state index contributed by atoms with van der Waals surface area (Å²) < 4.78 is 5.49. The molecule has 1 unspecified atom stereocenters. The van der Waals surface area contributed by atoms with Crippen LogP contribution in [-0.4, -0.2) is 37.6 Å². The Bertz CT molecular complexity index is 766. The molecule has 0 spiro atoms. The third-order valence-electron chi connectivity index (χ3n) is 4.45. The Morgan fingerprint density at radius 3 is 2.41 bits per heavy atom. The highest BCUT2D eigenvalue weighted by Crippen LogP contribution is 2.13. The molecule has 1 saturated heterocycles. The molecule has 3 N–H and O–H groups in total. The van der Waals surface area contributed by atoms with Crippen molar-refractivity contribution in [1.29, 1.82) is 0 Å². The fraction of sp³-hybridized carbons (Fsp3) is 0.333. The Hall–Kier alpha value is -2.86. The number of nitrogens with one attached hydrogen (secondary N) is 3. The van der Waals surface area contributed by atoms with E-state index < -0.39 is 0 Å². The number of hydrogen-bond acceptors (Lipinski definition) is 4. The van der Waals surface area contributed by atoms with Crippen molar-refractivity contribution >= 4 is 23.2 Å². The van der Waals surface area contributed by atoms with Crippen LogP contribution in [0.1, 0.15) is 28.8 Å². The second-order valence-electron chi connectivity index (χ2n) is 6.69. The summed E-state index contributed by atoms with van der Waals surface area (Å²) in [4.78, 5) is 24.2. The molecule has 0 radical (unpaired) electrons. The maximum atomic E-state index is 12.2. The third-order valence-corrected chi connectivity index (χ3v) is 4.45. The van der Waals surface area contributed by atoms with E-state index in [1.54, 1.807) is 24.3 Å². The van der Waals surface area contributed by atoms with Gasteiger partial charge in [-0.2, -0.15) is 0 Å². The largest absolute Gasteiger partial charge is 0.376 e. The first-order valence-electron chi connectivity index (χ1n) is 9.20. The van der Waals surface area contributed by atoms with E-state index in [0.717, 1.165) is 25.1 Å². The molecule has 2 aromatic carbocycles. The minimum Gasteiger partial charge on any atom is -0.376 e. The second-order valence-corrected chi connectivity index (χ2v) is 6.69. The van der Waals surface area contributed by atoms with Gasteiger partial charge in [0.15, 0.2) is 0 Å². The third kappa shape index (κ3) is 5.82. The van der Waals surface area contributed by atoms with Crippen LogP contribution in [0.2, 0.25) is 0 Å². The molecule has 0 aromatic heterocycles. The van der Waals surface area contributed by atoms with Gasteiger partial charge in [0.25, 0.3) is 5.91 Å². The molecule has 0 saturated carbocycles. The van der Waals surface area contributed by atoms with Crippen LogP contribution in [0.4, 0.5) is 11.4 Å². The van der Waals surface area contributed by atoms with Gasteiger partial charge in [-0.1, -0.05) is 17.7 Å². The first-order chi connectivity index (χ1) is 13.1. The summed E-state index contributed by atoms with van der Waals surface area (Å²) in [5.41, 5.74) is 3.28. The van der Waals surface area contributed by atoms with Crippen LogP contribution >= 0.6 is 0 Å². The molecule has 6 nitrogen and oxygen atoms in total. The van der Waals surface area contributed by atoms with Crippen molar-refractivity contribution in [1.82, 2.24) is 5.32 Å². The highest BCUT2D eigenvalue weighted by atomic mass is 16.5. The lowest BCUT2D eigenvalue weighted by atomic mass is 10.2. The van der Waals surface area contributed by atoms with Crippen LogP contribution in [0.25, 0.3) is 0 Å². The molecule has 1 fully saturated rings. The zero-order chi connectivity index (χ0) is 19.1. The van der Waals surface area contributed by atoms with E-state index in [4.69, 9.17) is 4.74 Å². The average molecular weight is 367 g/mol. The molecule has 0 aliphatic carbocycles. The highest BCUT2D eigenvalue weighted by molar-refractivity contribution is 5.96. The summed E-state index contributed by atoms with van der Waals surface area (Å²) in [5.74, 6) is -0.282. The van der Waals surface area contributed by atoms with Gasteiger partial charge in [-0.25, -0.2) is 0 Å². The first kappa shape index (κ1) is 18.9. The van der Waals surface area contributed by atoms with Gasteiger partial charge < -0.3 is 20.7 Å². The molecule has 3 rings (SSSR count). The van der Waals surface area contributed by atoms with Crippen molar-refractivity contribution in [3.63, 3.8) is 0 Å². The summed E-state index contributed by atoms with van der Waals surface area (Å²) in [5, 5.41) is 8.77. The topological polar surface area (TPSA) is 79.5 Å². The van der Waals surface area contributed by atoms with E-state index in [1.807, 2.05) is 31.2 Å². The molecule has 142 valence electrons. The number of carbonyl (C=O) groups excluding carboxylic acids is 2. The van der Waals surface area contributed by atoms with Crippen LogP contribution < -0.4 is 16.0 Å². The summed E-state index contributed by atoms with van der Waals surface area (Å²) in [6.45, 7) is 3.49. The molecule has 1 aliphatic rings. The molecule has 2 aromatic rings. The van der Waals surface area contributed by atoms with E-state index in [0.29, 0.717) is 17.8 Å². The maximum absolute atomic E-state index is 12.2. The molecule has 1 heterocycles. The molecule has 1 aliphatic heterocycles. The molecule has 0 bridgehead atoms. The van der Waals surface area contributed by atoms with Crippen LogP contribution in [0.15, 0.2) is 48.5 Å². The summed E-state index contributed by atoms with van der Waals surface area (Å²) in [6, 6.07) is 14.7. The number of aryl methyl sites for hydroxylation is 1. The van der Waals surface area contributed by atoms with Crippen molar-refractivity contribution in [2.75, 3.05) is 30.3 Å². The molecule has 1 atom stereocenters. The van der Waals surface area contributed by atoms with Crippen LogP contribution in [-0.2, 0) is 9.53 Å². The van der Waals surface area contributed by atoms with Gasteiger partial charge in [0.2, 0.25) is 5.91 Å². The number of ether oxygens (including phenoxy) is 1. The van der Waals surface area contributed by atoms with Gasteiger partial charge in [0.05, 0.1) is 12.6 Å². The van der Waals surface area contributed by atoms with Gasteiger partial charge in [-0.3, -0.25) is 9.59 Å². The van der Waals surface area contributed by atoms with Gasteiger partial charge in [-0.05, 0) is 56.2 Å². The van der Waals surface area contributed by atoms with Gasteiger partial charge in [-0.15, -0.1) is 0 Å². The summed E-state index contributed by atoms with van der Waals surface area (Å²) in [6.07, 6.45) is 2.16. The minimum atomic E-state index is -0.147. The SMILES string of the molecule is Cc1ccc(NCC(=O)Nc2ccc(C(=O)NCC3CCCO3)cc2)cc1. The standard InChI is InChI=1S/C21H25N3O3/c1-15-4-8-17(9-5-15)22-14-20(25)24-18-10-6-16(7-11-18)21(26)23-13-19-3-2-12-27-19/h4-11,19,22H,2-3,12-14H2,1H3,(H,23,26)(H,24,25). The number of rotatable bonds is 7. The van der Waals surface area contributed by atoms with Crippen LogP contribution in [0, 0.1) is 6.92 Å². The molecule has 2 amide bonds.